The third kappa shape index (κ3) is 12.4. The van der Waals surface area contributed by atoms with Crippen LogP contribution in [0.25, 0.3) is 0 Å². The SMILES string of the molecule is CCCCCCCCCCCCCC(=O)N(CCCCC)Cc1cccn1Cc1ccc(F)cc1. The summed E-state index contributed by atoms with van der Waals surface area (Å²) in [4.78, 5) is 15.2. The number of nitrogens with zero attached hydrogens (tertiary/aromatic N) is 2. The Bertz CT molecular complexity index is 799. The van der Waals surface area contributed by atoms with Gasteiger partial charge in [0.1, 0.15) is 5.82 Å². The zero-order chi connectivity index (χ0) is 25.1. The summed E-state index contributed by atoms with van der Waals surface area (Å²) >= 11 is 0. The van der Waals surface area contributed by atoms with Crippen molar-refractivity contribution in [2.24, 2.45) is 0 Å². The minimum Gasteiger partial charge on any atom is -0.345 e. The van der Waals surface area contributed by atoms with Gasteiger partial charge in [-0.25, -0.2) is 4.39 Å². The molecule has 0 radical (unpaired) electrons. The molecule has 0 aliphatic carbocycles. The highest BCUT2D eigenvalue weighted by Crippen LogP contribution is 2.16. The van der Waals surface area contributed by atoms with E-state index in [4.69, 9.17) is 0 Å². The van der Waals surface area contributed by atoms with Gasteiger partial charge in [0.2, 0.25) is 5.91 Å². The minimum atomic E-state index is -0.211. The van der Waals surface area contributed by atoms with Crippen LogP contribution in [-0.4, -0.2) is 21.9 Å². The number of hydrogen-bond acceptors (Lipinski definition) is 1. The van der Waals surface area contributed by atoms with Gasteiger partial charge in [-0.2, -0.15) is 0 Å². The highest BCUT2D eigenvalue weighted by atomic mass is 19.1. The summed E-state index contributed by atoms with van der Waals surface area (Å²) in [5, 5.41) is 0. The van der Waals surface area contributed by atoms with Crippen LogP contribution in [0.5, 0.6) is 0 Å². The molecule has 0 aliphatic heterocycles. The van der Waals surface area contributed by atoms with Crippen LogP contribution in [0.3, 0.4) is 0 Å². The van der Waals surface area contributed by atoms with Crippen molar-refractivity contribution >= 4 is 5.91 Å². The van der Waals surface area contributed by atoms with Gasteiger partial charge in [0.05, 0.1) is 6.54 Å². The largest absolute Gasteiger partial charge is 0.345 e. The van der Waals surface area contributed by atoms with Crippen LogP contribution >= 0.6 is 0 Å². The first-order chi connectivity index (χ1) is 17.1. The number of amides is 1. The Hall–Kier alpha value is -2.10. The Kier molecular flexibility index (Phi) is 15.2. The maximum Gasteiger partial charge on any atom is 0.222 e. The van der Waals surface area contributed by atoms with Gasteiger partial charge in [0.15, 0.2) is 0 Å². The zero-order valence-corrected chi connectivity index (χ0v) is 22.5. The van der Waals surface area contributed by atoms with Crippen molar-refractivity contribution in [3.8, 4) is 0 Å². The third-order valence-corrected chi connectivity index (χ3v) is 6.92. The molecule has 35 heavy (non-hydrogen) atoms. The van der Waals surface area contributed by atoms with Crippen molar-refractivity contribution in [2.45, 2.75) is 123 Å². The molecule has 0 spiro atoms. The number of unbranched alkanes of at least 4 members (excludes halogenated alkanes) is 12. The highest BCUT2D eigenvalue weighted by molar-refractivity contribution is 5.76. The fourth-order valence-electron chi connectivity index (χ4n) is 4.67. The van der Waals surface area contributed by atoms with Gasteiger partial charge in [0.25, 0.3) is 0 Å². The number of carbonyl (C=O) groups excluding carboxylic acids is 1. The Labute approximate surface area is 214 Å². The van der Waals surface area contributed by atoms with Crippen LogP contribution in [-0.2, 0) is 17.9 Å². The molecule has 1 aromatic heterocycles. The first-order valence-corrected chi connectivity index (χ1v) is 14.3. The standard InChI is InChI=1S/C31H49FN2O/c1-3-5-7-8-9-10-11-12-13-14-15-19-31(35)34(24-16-6-4-2)27-30-18-17-25-33(30)26-28-20-22-29(32)23-21-28/h17-18,20-23,25H,3-16,19,24,26-27H2,1-2H3. The summed E-state index contributed by atoms with van der Waals surface area (Å²) < 4.78 is 15.4. The monoisotopic (exact) mass is 484 g/mol. The van der Waals surface area contributed by atoms with Crippen LogP contribution in [0.4, 0.5) is 4.39 Å². The molecule has 1 amide bonds. The van der Waals surface area contributed by atoms with Gasteiger partial charge >= 0.3 is 0 Å². The van der Waals surface area contributed by atoms with E-state index in [1.54, 1.807) is 0 Å². The second-order valence-corrected chi connectivity index (χ2v) is 10.1. The smallest absolute Gasteiger partial charge is 0.222 e. The van der Waals surface area contributed by atoms with E-state index in [-0.39, 0.29) is 11.7 Å². The average Bonchev–Trinajstić information content (AvgIpc) is 3.29. The molecule has 1 heterocycles. The van der Waals surface area contributed by atoms with E-state index in [1.807, 2.05) is 18.2 Å². The second-order valence-electron chi connectivity index (χ2n) is 10.1. The van der Waals surface area contributed by atoms with E-state index in [1.165, 1.54) is 69.9 Å². The lowest BCUT2D eigenvalue weighted by atomic mass is 10.0. The van der Waals surface area contributed by atoms with Crippen molar-refractivity contribution in [2.75, 3.05) is 6.54 Å². The normalized spacial score (nSPS) is 11.2. The quantitative estimate of drug-likeness (QED) is 0.172. The molecular weight excluding hydrogens is 435 g/mol. The van der Waals surface area contributed by atoms with Crippen LogP contribution < -0.4 is 0 Å². The maximum atomic E-state index is 13.3. The number of hydrogen-bond donors (Lipinski definition) is 0. The molecule has 0 unspecified atom stereocenters. The highest BCUT2D eigenvalue weighted by Gasteiger charge is 2.15. The topological polar surface area (TPSA) is 25.2 Å². The molecule has 0 aliphatic rings. The minimum absolute atomic E-state index is 0.211. The van der Waals surface area contributed by atoms with Crippen molar-refractivity contribution < 1.29 is 9.18 Å². The van der Waals surface area contributed by atoms with Crippen LogP contribution in [0.1, 0.15) is 121 Å². The van der Waals surface area contributed by atoms with E-state index in [2.05, 4.69) is 35.6 Å². The number of rotatable bonds is 20. The van der Waals surface area contributed by atoms with E-state index in [0.29, 0.717) is 19.5 Å². The molecule has 0 bridgehead atoms. The van der Waals surface area contributed by atoms with Gasteiger partial charge in [0, 0.05) is 31.4 Å². The molecule has 0 saturated carbocycles. The summed E-state index contributed by atoms with van der Waals surface area (Å²) in [5.74, 6) is 0.0724. The van der Waals surface area contributed by atoms with E-state index in [0.717, 1.165) is 49.9 Å². The summed E-state index contributed by atoms with van der Waals surface area (Å²) in [6.45, 7) is 6.63. The predicted molar refractivity (Wildman–Crippen MR) is 146 cm³/mol. The first-order valence-electron chi connectivity index (χ1n) is 14.3. The van der Waals surface area contributed by atoms with Gasteiger partial charge in [-0.1, -0.05) is 103 Å². The summed E-state index contributed by atoms with van der Waals surface area (Å²) in [6, 6.07) is 10.8. The molecule has 3 nitrogen and oxygen atoms in total. The van der Waals surface area contributed by atoms with Crippen LogP contribution in [0.15, 0.2) is 42.6 Å². The molecule has 0 atom stereocenters. The van der Waals surface area contributed by atoms with Gasteiger partial charge in [-0.3, -0.25) is 4.79 Å². The lowest BCUT2D eigenvalue weighted by molar-refractivity contribution is -0.132. The van der Waals surface area contributed by atoms with E-state index in [9.17, 15) is 9.18 Å². The van der Waals surface area contributed by atoms with Gasteiger partial charge in [-0.05, 0) is 42.7 Å². The number of carbonyl (C=O) groups is 1. The molecule has 1 aromatic carbocycles. The van der Waals surface area contributed by atoms with E-state index >= 15 is 0 Å². The lowest BCUT2D eigenvalue weighted by Crippen LogP contribution is -2.32. The third-order valence-electron chi connectivity index (χ3n) is 6.92. The van der Waals surface area contributed by atoms with Crippen LogP contribution in [0.2, 0.25) is 0 Å². The Morgan fingerprint density at radius 2 is 1.34 bits per heavy atom. The molecule has 4 heteroatoms. The molecule has 2 aromatic rings. The van der Waals surface area contributed by atoms with Crippen molar-refractivity contribution in [1.29, 1.82) is 0 Å². The molecule has 0 fully saturated rings. The maximum absolute atomic E-state index is 13.3. The fourth-order valence-corrected chi connectivity index (χ4v) is 4.67. The Morgan fingerprint density at radius 1 is 0.771 bits per heavy atom. The first kappa shape index (κ1) is 29.1. The predicted octanol–water partition coefficient (Wildman–Crippen LogP) is 8.90. The number of halogens is 1. The van der Waals surface area contributed by atoms with Gasteiger partial charge < -0.3 is 9.47 Å². The summed E-state index contributed by atoms with van der Waals surface area (Å²) in [7, 11) is 0. The van der Waals surface area contributed by atoms with Gasteiger partial charge in [-0.15, -0.1) is 0 Å². The molecule has 0 N–H and O–H groups in total. The second kappa shape index (κ2) is 18.2. The molecule has 0 saturated heterocycles. The Balaban J connectivity index is 1.75. The molecule has 196 valence electrons. The van der Waals surface area contributed by atoms with Crippen LogP contribution in [0, 0.1) is 5.82 Å². The van der Waals surface area contributed by atoms with Crippen molar-refractivity contribution in [3.63, 3.8) is 0 Å². The summed E-state index contributed by atoms with van der Waals surface area (Å²) in [6.07, 6.45) is 20.3. The number of aromatic nitrogens is 1. The van der Waals surface area contributed by atoms with Crippen molar-refractivity contribution in [1.82, 2.24) is 9.47 Å². The molecule has 2 rings (SSSR count). The summed E-state index contributed by atoms with van der Waals surface area (Å²) in [5.41, 5.74) is 2.20. The number of benzene rings is 1. The average molecular weight is 485 g/mol. The zero-order valence-electron chi connectivity index (χ0n) is 22.5. The molecular formula is C31H49FN2O. The van der Waals surface area contributed by atoms with E-state index < -0.39 is 0 Å². The Morgan fingerprint density at radius 3 is 1.97 bits per heavy atom. The lowest BCUT2D eigenvalue weighted by Gasteiger charge is -2.24. The fraction of sp³-hybridized carbons (Fsp3) is 0.645. The van der Waals surface area contributed by atoms with Crippen molar-refractivity contribution in [3.05, 3.63) is 59.7 Å².